The van der Waals surface area contributed by atoms with Gasteiger partial charge in [-0.3, -0.25) is 9.59 Å². The Balaban J connectivity index is 3.58. The Morgan fingerprint density at radius 2 is 2.40 bits per heavy atom. The van der Waals surface area contributed by atoms with E-state index in [1.165, 1.54) is 0 Å². The first kappa shape index (κ1) is 4.71. The Morgan fingerprint density at radius 1 is 1.70 bits per heavy atom. The van der Waals surface area contributed by atoms with Gasteiger partial charge in [0.25, 0.3) is 0 Å². The molecule has 0 atom stereocenters. The van der Waals surface area contributed by atoms with Crippen LogP contribution >= 0.6 is 0 Å². The van der Waals surface area contributed by atoms with E-state index in [1.807, 2.05) is 0 Å². The molecular formula is C6H11NO3. The summed E-state index contributed by atoms with van der Waals surface area (Å²) in [7, 11) is 0. The maximum absolute atomic E-state index is 10.8. The van der Waals surface area contributed by atoms with Crippen LogP contribution < -0.4 is 5.32 Å². The third-order valence-electron chi connectivity index (χ3n) is 0.789. The largest absolute Gasteiger partial charge is 0.480 e. The summed E-state index contributed by atoms with van der Waals surface area (Å²) in [5.41, 5.74) is 0. The van der Waals surface area contributed by atoms with Gasteiger partial charge in [-0.1, -0.05) is 6.85 Å². The fraction of sp³-hybridized carbons (Fsp3) is 0.667. The lowest BCUT2D eigenvalue weighted by Gasteiger charge is -1.97. The second-order valence-corrected chi connectivity index (χ2v) is 1.67. The van der Waals surface area contributed by atoms with E-state index < -0.39 is 25.3 Å². The lowest BCUT2D eigenvalue weighted by molar-refractivity contribution is -0.137. The predicted octanol–water partition coefficient (Wildman–Crippen LogP) is -0.0127. The van der Waals surface area contributed by atoms with Crippen molar-refractivity contribution in [2.75, 3.05) is 6.54 Å². The lowest BCUT2D eigenvalue weighted by Crippen LogP contribution is -2.28. The monoisotopic (exact) mass is 148 g/mol. The fourth-order valence-electron chi connectivity index (χ4n) is 0.376. The van der Waals surface area contributed by atoms with Crippen molar-refractivity contribution >= 4 is 11.9 Å². The van der Waals surface area contributed by atoms with Crippen molar-refractivity contribution in [2.24, 2.45) is 0 Å². The molecule has 0 saturated heterocycles. The third kappa shape index (κ3) is 5.08. The molecule has 0 aliphatic rings. The number of carbonyl (C=O) groups is 2. The number of hydrogen-bond acceptors (Lipinski definition) is 2. The summed E-state index contributed by atoms with van der Waals surface area (Å²) in [6, 6.07) is 0. The van der Waals surface area contributed by atoms with Gasteiger partial charge in [0, 0.05) is 10.5 Å². The van der Waals surface area contributed by atoms with Crippen LogP contribution in [0.15, 0.2) is 0 Å². The van der Waals surface area contributed by atoms with Crippen LogP contribution in [0.2, 0.25) is 0 Å². The van der Waals surface area contributed by atoms with Crippen LogP contribution in [0.4, 0.5) is 0 Å². The first-order chi connectivity index (χ1) is 5.81. The zero-order valence-electron chi connectivity index (χ0n) is 8.39. The smallest absolute Gasteiger partial charge is 0.322 e. The van der Waals surface area contributed by atoms with Crippen molar-refractivity contribution < 1.29 is 18.8 Å². The molecule has 0 aliphatic heterocycles. The molecule has 0 saturated carbocycles. The molecule has 0 bridgehead atoms. The van der Waals surface area contributed by atoms with Crippen LogP contribution in [0, 0.1) is 0 Å². The summed E-state index contributed by atoms with van der Waals surface area (Å²) in [5.74, 6) is -1.71. The van der Waals surface area contributed by atoms with Gasteiger partial charge in [-0.15, -0.1) is 0 Å². The van der Waals surface area contributed by atoms with Gasteiger partial charge in [0.05, 0.1) is 0 Å². The Kier molecular flexibility index (Phi) is 2.25. The molecule has 2 N–H and O–H groups in total. The van der Waals surface area contributed by atoms with Gasteiger partial charge in [0.15, 0.2) is 0 Å². The maximum Gasteiger partial charge on any atom is 0.322 e. The van der Waals surface area contributed by atoms with Gasteiger partial charge in [0.2, 0.25) is 5.91 Å². The topological polar surface area (TPSA) is 66.4 Å². The third-order valence-corrected chi connectivity index (χ3v) is 0.789. The highest BCUT2D eigenvalue weighted by atomic mass is 16.4. The molecule has 4 heteroatoms. The average molecular weight is 148 g/mol. The molecule has 0 aromatic carbocycles. The Morgan fingerprint density at radius 3 is 2.90 bits per heavy atom. The highest BCUT2D eigenvalue weighted by Gasteiger charge is 2.00. The number of rotatable bonds is 4. The van der Waals surface area contributed by atoms with Crippen LogP contribution in [0.25, 0.3) is 0 Å². The molecular weight excluding hydrogens is 134 g/mol. The van der Waals surface area contributed by atoms with E-state index in [0.29, 0.717) is 0 Å². The van der Waals surface area contributed by atoms with E-state index >= 15 is 0 Å². The van der Waals surface area contributed by atoms with Crippen molar-refractivity contribution in [3.05, 3.63) is 0 Å². The van der Waals surface area contributed by atoms with Crippen LogP contribution in [0.3, 0.4) is 0 Å². The first-order valence-electron chi connectivity index (χ1n) is 4.30. The number of carboxylic acid groups (broad SMARTS) is 1. The zero-order chi connectivity index (χ0) is 10.5. The first-order valence-corrected chi connectivity index (χ1v) is 2.80. The quantitative estimate of drug-likeness (QED) is 0.589. The summed E-state index contributed by atoms with van der Waals surface area (Å²) in [4.78, 5) is 20.7. The molecule has 0 aromatic rings. The lowest BCUT2D eigenvalue weighted by atomic mass is 10.3. The molecule has 0 fully saturated rings. The number of amides is 1. The van der Waals surface area contributed by atoms with Crippen molar-refractivity contribution in [1.29, 1.82) is 0 Å². The van der Waals surface area contributed by atoms with Crippen molar-refractivity contribution in [3.63, 3.8) is 0 Å². The molecule has 0 rings (SSSR count). The van der Waals surface area contributed by atoms with Gasteiger partial charge in [-0.05, 0) is 6.42 Å². The molecule has 4 nitrogen and oxygen atoms in total. The minimum Gasteiger partial charge on any atom is -0.480 e. The van der Waals surface area contributed by atoms with Gasteiger partial charge in [0.1, 0.15) is 6.54 Å². The molecule has 0 aromatic heterocycles. The Hall–Kier alpha value is -1.06. The molecule has 0 unspecified atom stereocenters. The van der Waals surface area contributed by atoms with E-state index in [0.717, 1.165) is 0 Å². The molecule has 0 heterocycles. The van der Waals surface area contributed by atoms with E-state index in [-0.39, 0.29) is 12.8 Å². The van der Waals surface area contributed by atoms with Crippen molar-refractivity contribution in [3.8, 4) is 0 Å². The second kappa shape index (κ2) is 4.78. The molecule has 1 amide bonds. The van der Waals surface area contributed by atoms with Gasteiger partial charge in [-0.25, -0.2) is 0 Å². The van der Waals surface area contributed by atoms with E-state index in [4.69, 9.17) is 9.22 Å². The van der Waals surface area contributed by atoms with E-state index in [1.54, 1.807) is 0 Å². The van der Waals surface area contributed by atoms with E-state index in [9.17, 15) is 9.59 Å². The van der Waals surface area contributed by atoms with Crippen molar-refractivity contribution in [1.82, 2.24) is 5.32 Å². The maximum atomic E-state index is 10.8. The highest BCUT2D eigenvalue weighted by molar-refractivity contribution is 5.80. The molecule has 10 heavy (non-hydrogen) atoms. The summed E-state index contributed by atoms with van der Waals surface area (Å²) in [6.45, 7) is -2.61. The Labute approximate surface area is 63.4 Å². The molecule has 0 aliphatic carbocycles. The summed E-state index contributed by atoms with van der Waals surface area (Å²) >= 11 is 0. The highest BCUT2D eigenvalue weighted by Crippen LogP contribution is 1.83. The van der Waals surface area contributed by atoms with Gasteiger partial charge in [-0.2, -0.15) is 0 Å². The van der Waals surface area contributed by atoms with Crippen molar-refractivity contribution in [2.45, 2.75) is 19.7 Å². The number of aliphatic carboxylic acids is 1. The van der Waals surface area contributed by atoms with Gasteiger partial charge < -0.3 is 10.4 Å². The predicted molar refractivity (Wildman–Crippen MR) is 35.6 cm³/mol. The van der Waals surface area contributed by atoms with Crippen LogP contribution in [-0.2, 0) is 9.59 Å². The minimum atomic E-state index is -2.14. The van der Waals surface area contributed by atoms with Gasteiger partial charge >= 0.3 is 5.97 Å². The Bertz CT molecular complexity index is 202. The van der Waals surface area contributed by atoms with E-state index in [2.05, 4.69) is 5.32 Å². The average Bonchev–Trinajstić information content (AvgIpc) is 1.95. The number of hydrogen-bond donors (Lipinski definition) is 2. The number of carbonyl (C=O) groups excluding carboxylic acids is 1. The van der Waals surface area contributed by atoms with Crippen LogP contribution in [0.5, 0.6) is 0 Å². The number of carboxylic acids is 1. The normalized spacial score (nSPS) is 14.6. The molecule has 0 radical (unpaired) electrons. The summed E-state index contributed by atoms with van der Waals surface area (Å²) in [5, 5.41) is 10.2. The van der Waals surface area contributed by atoms with Crippen LogP contribution in [0.1, 0.15) is 23.8 Å². The standard InChI is InChI=1S/C6H11NO3/c1-2-3-5(8)7-4-6(9)10/h2-4H2,1H3,(H,7,8)(H,9,10)/i1D3. The fourth-order valence-corrected chi connectivity index (χ4v) is 0.376. The summed E-state index contributed by atoms with van der Waals surface area (Å²) in [6.07, 6.45) is -0.414. The van der Waals surface area contributed by atoms with Crippen LogP contribution in [-0.4, -0.2) is 23.5 Å². The number of nitrogens with one attached hydrogen (secondary N) is 1. The summed E-state index contributed by atoms with van der Waals surface area (Å²) < 4.78 is 20.3. The second-order valence-electron chi connectivity index (χ2n) is 1.67. The zero-order valence-corrected chi connectivity index (χ0v) is 5.39. The molecule has 58 valence electrons. The SMILES string of the molecule is [2H]C([2H])([2H])CCC(=O)NCC(=O)O. The minimum absolute atomic E-state index is 0.177. The molecule has 0 spiro atoms.